The minimum absolute atomic E-state index is 0.0203. The second-order valence-corrected chi connectivity index (χ2v) is 8.77. The molecule has 1 aromatic carbocycles. The Labute approximate surface area is 187 Å². The van der Waals surface area contributed by atoms with E-state index in [9.17, 15) is 18.0 Å². The molecule has 2 aromatic heterocycles. The Morgan fingerprint density at radius 2 is 1.88 bits per heavy atom. The van der Waals surface area contributed by atoms with Gasteiger partial charge in [0, 0.05) is 49.4 Å². The molecule has 1 saturated heterocycles. The summed E-state index contributed by atoms with van der Waals surface area (Å²) in [7, 11) is 0. The predicted molar refractivity (Wildman–Crippen MR) is 113 cm³/mol. The van der Waals surface area contributed by atoms with E-state index in [-0.39, 0.29) is 23.0 Å². The maximum Gasteiger partial charge on any atom is 0.433 e. The summed E-state index contributed by atoms with van der Waals surface area (Å²) in [6, 6.07) is 8.70. The standard InChI is InChI=1S/C22H21ClF3N5O/c23-16-3-1-2-14(10-16)13-29-6-8-30(9-7-29)21(32)17-12-27-31-19(22(24,25)26)11-18(15-4-5-15)28-20(17)31/h1-3,10-12,15H,4-9,13H2. The number of carbonyl (C=O) groups excluding carboxylic acids is 1. The highest BCUT2D eigenvalue weighted by Crippen LogP contribution is 2.41. The fourth-order valence-electron chi connectivity index (χ4n) is 4.10. The molecule has 2 fully saturated rings. The number of carbonyl (C=O) groups is 1. The zero-order valence-corrected chi connectivity index (χ0v) is 17.9. The summed E-state index contributed by atoms with van der Waals surface area (Å²) >= 11 is 6.05. The summed E-state index contributed by atoms with van der Waals surface area (Å²) in [5.41, 5.74) is 0.672. The van der Waals surface area contributed by atoms with Gasteiger partial charge in [0.1, 0.15) is 11.3 Å². The van der Waals surface area contributed by atoms with Crippen LogP contribution in [-0.2, 0) is 12.7 Å². The molecular weight excluding hydrogens is 443 g/mol. The second-order valence-electron chi connectivity index (χ2n) is 8.33. The van der Waals surface area contributed by atoms with E-state index in [0.29, 0.717) is 36.9 Å². The van der Waals surface area contributed by atoms with Crippen molar-refractivity contribution in [3.63, 3.8) is 0 Å². The second kappa shape index (κ2) is 8.04. The zero-order valence-electron chi connectivity index (χ0n) is 17.1. The average molecular weight is 464 g/mol. The van der Waals surface area contributed by atoms with Crippen molar-refractivity contribution >= 4 is 23.2 Å². The fourth-order valence-corrected chi connectivity index (χ4v) is 4.31. The Balaban J connectivity index is 1.35. The topological polar surface area (TPSA) is 53.7 Å². The van der Waals surface area contributed by atoms with E-state index >= 15 is 0 Å². The molecule has 3 aromatic rings. The number of hydrogen-bond donors (Lipinski definition) is 0. The van der Waals surface area contributed by atoms with Gasteiger partial charge in [0.2, 0.25) is 0 Å². The van der Waals surface area contributed by atoms with Gasteiger partial charge >= 0.3 is 6.18 Å². The molecule has 1 amide bonds. The number of benzene rings is 1. The number of halogens is 4. The molecule has 168 valence electrons. The SMILES string of the molecule is O=C(c1cnn2c(C(F)(F)F)cc(C3CC3)nc12)N1CCN(Cc2cccc(Cl)c2)CC1. The molecule has 0 radical (unpaired) electrons. The molecule has 10 heteroatoms. The first kappa shape index (κ1) is 21.2. The molecule has 1 aliphatic heterocycles. The summed E-state index contributed by atoms with van der Waals surface area (Å²) in [6.07, 6.45) is -1.75. The summed E-state index contributed by atoms with van der Waals surface area (Å²) in [4.78, 5) is 21.4. The zero-order chi connectivity index (χ0) is 22.5. The lowest BCUT2D eigenvalue weighted by molar-refractivity contribution is -0.142. The van der Waals surface area contributed by atoms with Crippen LogP contribution in [0.25, 0.3) is 5.65 Å². The van der Waals surface area contributed by atoms with Gasteiger partial charge in [0.05, 0.1) is 6.20 Å². The summed E-state index contributed by atoms with van der Waals surface area (Å²) in [6.45, 7) is 2.99. The van der Waals surface area contributed by atoms with Crippen molar-refractivity contribution in [2.75, 3.05) is 26.2 Å². The molecule has 0 unspecified atom stereocenters. The number of hydrogen-bond acceptors (Lipinski definition) is 4. The number of rotatable bonds is 4. The monoisotopic (exact) mass is 463 g/mol. The van der Waals surface area contributed by atoms with Crippen LogP contribution in [0.5, 0.6) is 0 Å². The van der Waals surface area contributed by atoms with E-state index < -0.39 is 11.9 Å². The molecular formula is C22H21ClF3N5O. The molecule has 2 aliphatic rings. The molecule has 1 aliphatic carbocycles. The van der Waals surface area contributed by atoms with E-state index in [1.54, 1.807) is 4.90 Å². The highest BCUT2D eigenvalue weighted by atomic mass is 35.5. The molecule has 32 heavy (non-hydrogen) atoms. The van der Waals surface area contributed by atoms with Gasteiger partial charge in [0.25, 0.3) is 5.91 Å². The number of aromatic nitrogens is 3. The van der Waals surface area contributed by atoms with E-state index in [1.807, 2.05) is 24.3 Å². The van der Waals surface area contributed by atoms with Crippen LogP contribution in [0.15, 0.2) is 36.5 Å². The number of alkyl halides is 3. The largest absolute Gasteiger partial charge is 0.433 e. The van der Waals surface area contributed by atoms with Gasteiger partial charge in [-0.3, -0.25) is 9.69 Å². The molecule has 3 heterocycles. The predicted octanol–water partition coefficient (Wildman–Crippen LogP) is 4.24. The third-order valence-corrected chi connectivity index (χ3v) is 6.20. The molecule has 0 spiro atoms. The van der Waals surface area contributed by atoms with Gasteiger partial charge in [-0.25, -0.2) is 9.50 Å². The quantitative estimate of drug-likeness (QED) is 0.581. The van der Waals surface area contributed by atoms with Crippen molar-refractivity contribution in [2.24, 2.45) is 0 Å². The molecule has 5 rings (SSSR count). The highest BCUT2D eigenvalue weighted by Gasteiger charge is 2.38. The fraction of sp³-hybridized carbons (Fsp3) is 0.409. The van der Waals surface area contributed by atoms with Crippen molar-refractivity contribution in [1.29, 1.82) is 0 Å². The third kappa shape index (κ3) is 4.19. The van der Waals surface area contributed by atoms with E-state index in [0.717, 1.165) is 35.5 Å². The first-order valence-corrected chi connectivity index (χ1v) is 10.9. The Bertz CT molecular complexity index is 1170. The van der Waals surface area contributed by atoms with Crippen LogP contribution in [-0.4, -0.2) is 56.5 Å². The molecule has 0 bridgehead atoms. The van der Waals surface area contributed by atoms with Gasteiger partial charge in [-0.1, -0.05) is 23.7 Å². The lowest BCUT2D eigenvalue weighted by Gasteiger charge is -2.34. The van der Waals surface area contributed by atoms with Gasteiger partial charge < -0.3 is 4.90 Å². The number of nitrogens with zero attached hydrogens (tertiary/aromatic N) is 5. The third-order valence-electron chi connectivity index (χ3n) is 5.96. The van der Waals surface area contributed by atoms with Crippen LogP contribution in [0.1, 0.15) is 46.1 Å². The molecule has 6 nitrogen and oxygen atoms in total. The Hall–Kier alpha value is -2.65. The normalized spacial score (nSPS) is 17.8. The minimum Gasteiger partial charge on any atom is -0.336 e. The van der Waals surface area contributed by atoms with Gasteiger partial charge in [0.15, 0.2) is 5.65 Å². The van der Waals surface area contributed by atoms with E-state index in [2.05, 4.69) is 15.0 Å². The first-order chi connectivity index (χ1) is 15.3. The van der Waals surface area contributed by atoms with Gasteiger partial charge in [-0.05, 0) is 36.6 Å². The maximum absolute atomic E-state index is 13.6. The molecule has 0 atom stereocenters. The lowest BCUT2D eigenvalue weighted by atomic mass is 10.2. The molecule has 0 N–H and O–H groups in total. The van der Waals surface area contributed by atoms with Crippen molar-refractivity contribution in [3.05, 3.63) is 64.1 Å². The van der Waals surface area contributed by atoms with Crippen LogP contribution in [0.3, 0.4) is 0 Å². The van der Waals surface area contributed by atoms with Gasteiger partial charge in [-0.2, -0.15) is 18.3 Å². The van der Waals surface area contributed by atoms with Gasteiger partial charge in [-0.15, -0.1) is 0 Å². The molecule has 1 saturated carbocycles. The van der Waals surface area contributed by atoms with E-state index in [4.69, 9.17) is 11.6 Å². The Kier molecular flexibility index (Phi) is 5.33. The first-order valence-electron chi connectivity index (χ1n) is 10.5. The number of amides is 1. The summed E-state index contributed by atoms with van der Waals surface area (Å²) < 4.78 is 41.5. The highest BCUT2D eigenvalue weighted by molar-refractivity contribution is 6.30. The maximum atomic E-state index is 13.6. The van der Waals surface area contributed by atoms with Crippen LogP contribution in [0.4, 0.5) is 13.2 Å². The van der Waals surface area contributed by atoms with Crippen molar-refractivity contribution in [3.8, 4) is 0 Å². The van der Waals surface area contributed by atoms with Crippen molar-refractivity contribution in [2.45, 2.75) is 31.5 Å². The van der Waals surface area contributed by atoms with Crippen LogP contribution in [0, 0.1) is 0 Å². The summed E-state index contributed by atoms with van der Waals surface area (Å²) in [5.74, 6) is -0.315. The Morgan fingerprint density at radius 1 is 1.12 bits per heavy atom. The van der Waals surface area contributed by atoms with Crippen LogP contribution < -0.4 is 0 Å². The van der Waals surface area contributed by atoms with Crippen molar-refractivity contribution < 1.29 is 18.0 Å². The number of piperazine rings is 1. The van der Waals surface area contributed by atoms with Crippen molar-refractivity contribution in [1.82, 2.24) is 24.4 Å². The summed E-state index contributed by atoms with van der Waals surface area (Å²) in [5, 5.41) is 4.55. The number of fused-ring (bicyclic) bond motifs is 1. The van der Waals surface area contributed by atoms with Crippen LogP contribution >= 0.6 is 11.6 Å². The van der Waals surface area contributed by atoms with Crippen LogP contribution in [0.2, 0.25) is 5.02 Å². The Morgan fingerprint density at radius 3 is 2.53 bits per heavy atom. The minimum atomic E-state index is -4.58. The van der Waals surface area contributed by atoms with E-state index in [1.165, 1.54) is 6.20 Å². The lowest BCUT2D eigenvalue weighted by Crippen LogP contribution is -2.48. The smallest absolute Gasteiger partial charge is 0.336 e. The average Bonchev–Trinajstić information content (AvgIpc) is 3.52.